The Morgan fingerprint density at radius 3 is 2.60 bits per heavy atom. The lowest BCUT2D eigenvalue weighted by Gasteiger charge is -2.18. The number of nitrogens with two attached hydrogens (primary N) is 1. The van der Waals surface area contributed by atoms with Crippen molar-refractivity contribution < 1.29 is 5.11 Å². The Balaban J connectivity index is 2.63. The smallest absolute Gasteiger partial charge is 0.0471 e. The van der Waals surface area contributed by atoms with Crippen LogP contribution in [0, 0.1) is 12.8 Å². The topological polar surface area (TPSA) is 46.2 Å². The fourth-order valence-corrected chi connectivity index (χ4v) is 2.88. The minimum Gasteiger partial charge on any atom is -0.396 e. The maximum Gasteiger partial charge on any atom is 0.0471 e. The van der Waals surface area contributed by atoms with Crippen molar-refractivity contribution in [3.05, 3.63) is 21.9 Å². The predicted octanol–water partition coefficient (Wildman–Crippen LogP) is 2.51. The predicted molar refractivity (Wildman–Crippen MR) is 66.3 cm³/mol. The molecule has 2 unspecified atom stereocenters. The molecular formula is C12H21NOS. The van der Waals surface area contributed by atoms with E-state index in [0.717, 1.165) is 12.8 Å². The summed E-state index contributed by atoms with van der Waals surface area (Å²) in [5.41, 5.74) is 5.61. The summed E-state index contributed by atoms with van der Waals surface area (Å²) in [5, 5.41) is 9.15. The van der Waals surface area contributed by atoms with Crippen molar-refractivity contribution in [1.82, 2.24) is 0 Å². The van der Waals surface area contributed by atoms with Crippen molar-refractivity contribution in [2.45, 2.75) is 32.6 Å². The minimum absolute atomic E-state index is 0.206. The van der Waals surface area contributed by atoms with Gasteiger partial charge in [-0.15, -0.1) is 11.3 Å². The summed E-state index contributed by atoms with van der Waals surface area (Å²) in [4.78, 5) is 2.79. The average Bonchev–Trinajstić information content (AvgIpc) is 2.67. The molecule has 0 saturated carbocycles. The van der Waals surface area contributed by atoms with Crippen molar-refractivity contribution in [3.63, 3.8) is 0 Å². The van der Waals surface area contributed by atoms with Crippen LogP contribution < -0.4 is 5.73 Å². The highest BCUT2D eigenvalue weighted by atomic mass is 32.1. The Kier molecular flexibility index (Phi) is 5.29. The molecule has 0 radical (unpaired) electrons. The molecule has 0 amide bonds. The lowest BCUT2D eigenvalue weighted by atomic mass is 9.92. The maximum absolute atomic E-state index is 9.15. The van der Waals surface area contributed by atoms with E-state index in [1.807, 2.05) is 11.3 Å². The van der Waals surface area contributed by atoms with Crippen LogP contribution in [0.5, 0.6) is 0 Å². The van der Waals surface area contributed by atoms with Crippen LogP contribution in [0.1, 0.15) is 35.4 Å². The molecule has 0 saturated heterocycles. The second-order valence-electron chi connectivity index (χ2n) is 4.07. The Bertz CT molecular complexity index is 281. The van der Waals surface area contributed by atoms with E-state index in [9.17, 15) is 0 Å². The van der Waals surface area contributed by atoms with Gasteiger partial charge in [0.25, 0.3) is 0 Å². The number of rotatable bonds is 6. The Morgan fingerprint density at radius 1 is 1.47 bits per heavy atom. The van der Waals surface area contributed by atoms with E-state index in [4.69, 9.17) is 10.8 Å². The Labute approximate surface area is 96.1 Å². The van der Waals surface area contributed by atoms with Gasteiger partial charge >= 0.3 is 0 Å². The first-order chi connectivity index (χ1) is 7.21. The lowest BCUT2D eigenvalue weighted by Crippen LogP contribution is -2.20. The van der Waals surface area contributed by atoms with Gasteiger partial charge in [0.05, 0.1) is 0 Å². The van der Waals surface area contributed by atoms with Gasteiger partial charge in [-0.05, 0) is 50.3 Å². The number of thiophene rings is 1. The van der Waals surface area contributed by atoms with Gasteiger partial charge in [-0.2, -0.15) is 0 Å². The molecule has 1 rings (SSSR count). The second-order valence-corrected chi connectivity index (χ2v) is 5.39. The van der Waals surface area contributed by atoms with Gasteiger partial charge in [0.2, 0.25) is 0 Å². The first kappa shape index (κ1) is 12.7. The van der Waals surface area contributed by atoms with E-state index in [2.05, 4.69) is 26.0 Å². The Morgan fingerprint density at radius 2 is 2.20 bits per heavy atom. The highest BCUT2D eigenvalue weighted by Crippen LogP contribution is 2.31. The average molecular weight is 227 g/mol. The third kappa shape index (κ3) is 3.59. The molecule has 3 heteroatoms. The number of aryl methyl sites for hydroxylation is 1. The monoisotopic (exact) mass is 227 g/mol. The molecule has 0 bridgehead atoms. The first-order valence-corrected chi connectivity index (χ1v) is 6.40. The first-order valence-electron chi connectivity index (χ1n) is 5.58. The zero-order chi connectivity index (χ0) is 11.3. The summed E-state index contributed by atoms with van der Waals surface area (Å²) in [7, 11) is 0. The van der Waals surface area contributed by atoms with Crippen LogP contribution in [0.3, 0.4) is 0 Å². The molecule has 1 aromatic rings. The lowest BCUT2D eigenvalue weighted by molar-refractivity contribution is 0.215. The summed E-state index contributed by atoms with van der Waals surface area (Å²) in [6, 6.07) is 4.37. The molecule has 0 aliphatic carbocycles. The zero-order valence-corrected chi connectivity index (χ0v) is 10.4. The van der Waals surface area contributed by atoms with Gasteiger partial charge in [0, 0.05) is 16.4 Å². The molecule has 1 aromatic heterocycles. The maximum atomic E-state index is 9.15. The van der Waals surface area contributed by atoms with Crippen molar-refractivity contribution in [3.8, 4) is 0 Å². The van der Waals surface area contributed by atoms with Crippen molar-refractivity contribution >= 4 is 11.3 Å². The highest BCUT2D eigenvalue weighted by molar-refractivity contribution is 7.12. The van der Waals surface area contributed by atoms with Crippen LogP contribution in [0.15, 0.2) is 12.1 Å². The van der Waals surface area contributed by atoms with E-state index in [1.165, 1.54) is 9.75 Å². The molecule has 2 atom stereocenters. The molecule has 0 aliphatic heterocycles. The van der Waals surface area contributed by atoms with Gasteiger partial charge in [0.1, 0.15) is 0 Å². The molecule has 0 aromatic carbocycles. The van der Waals surface area contributed by atoms with E-state index in [0.29, 0.717) is 12.5 Å². The molecule has 0 fully saturated rings. The van der Waals surface area contributed by atoms with E-state index < -0.39 is 0 Å². The van der Waals surface area contributed by atoms with E-state index in [1.54, 1.807) is 0 Å². The third-order valence-corrected chi connectivity index (χ3v) is 4.03. The second kappa shape index (κ2) is 6.26. The standard InChI is InChI=1S/C12H21NOS/c1-3-11(6-10(7-13)8-14)12-5-4-9(2)15-12/h4-5,10-11,14H,3,6-8,13H2,1-2H3. The molecule has 3 N–H and O–H groups in total. The quantitative estimate of drug-likeness (QED) is 0.784. The molecule has 2 nitrogen and oxygen atoms in total. The van der Waals surface area contributed by atoms with Crippen LogP contribution >= 0.6 is 11.3 Å². The van der Waals surface area contributed by atoms with Crippen LogP contribution in [0.25, 0.3) is 0 Å². The van der Waals surface area contributed by atoms with Gasteiger partial charge in [-0.3, -0.25) is 0 Å². The Hall–Kier alpha value is -0.380. The number of hydrogen-bond donors (Lipinski definition) is 2. The summed E-state index contributed by atoms with van der Waals surface area (Å²) >= 11 is 1.86. The molecule has 1 heterocycles. The van der Waals surface area contributed by atoms with Gasteiger partial charge in [0.15, 0.2) is 0 Å². The van der Waals surface area contributed by atoms with Crippen molar-refractivity contribution in [1.29, 1.82) is 0 Å². The van der Waals surface area contributed by atoms with Crippen LogP contribution in [0.2, 0.25) is 0 Å². The zero-order valence-electron chi connectivity index (χ0n) is 9.57. The molecular weight excluding hydrogens is 206 g/mol. The van der Waals surface area contributed by atoms with E-state index in [-0.39, 0.29) is 12.5 Å². The SMILES string of the molecule is CCC(CC(CN)CO)c1ccc(C)s1. The van der Waals surface area contributed by atoms with Crippen LogP contribution in [0.4, 0.5) is 0 Å². The summed E-state index contributed by atoms with van der Waals surface area (Å²) in [6.07, 6.45) is 2.12. The molecule has 0 aliphatic rings. The number of hydrogen-bond acceptors (Lipinski definition) is 3. The summed E-state index contributed by atoms with van der Waals surface area (Å²) in [6.45, 7) is 5.12. The largest absolute Gasteiger partial charge is 0.396 e. The number of aliphatic hydroxyl groups is 1. The summed E-state index contributed by atoms with van der Waals surface area (Å²) in [5.74, 6) is 0.807. The molecule has 0 spiro atoms. The fourth-order valence-electron chi connectivity index (χ4n) is 1.80. The molecule has 86 valence electrons. The van der Waals surface area contributed by atoms with Gasteiger partial charge in [-0.1, -0.05) is 6.92 Å². The minimum atomic E-state index is 0.206. The van der Waals surface area contributed by atoms with Gasteiger partial charge in [-0.25, -0.2) is 0 Å². The van der Waals surface area contributed by atoms with Crippen molar-refractivity contribution in [2.75, 3.05) is 13.2 Å². The third-order valence-electron chi connectivity index (χ3n) is 2.87. The highest BCUT2D eigenvalue weighted by Gasteiger charge is 2.16. The normalized spacial score (nSPS) is 15.2. The molecule has 15 heavy (non-hydrogen) atoms. The van der Waals surface area contributed by atoms with Gasteiger partial charge < -0.3 is 10.8 Å². The number of aliphatic hydroxyl groups excluding tert-OH is 1. The van der Waals surface area contributed by atoms with Crippen LogP contribution in [-0.2, 0) is 0 Å². The van der Waals surface area contributed by atoms with E-state index >= 15 is 0 Å². The van der Waals surface area contributed by atoms with Crippen molar-refractivity contribution in [2.24, 2.45) is 11.7 Å². The van der Waals surface area contributed by atoms with Crippen LogP contribution in [-0.4, -0.2) is 18.3 Å². The summed E-state index contributed by atoms with van der Waals surface area (Å²) < 4.78 is 0. The fraction of sp³-hybridized carbons (Fsp3) is 0.667.